The summed E-state index contributed by atoms with van der Waals surface area (Å²) < 4.78 is 0. The molecule has 1 amide bonds. The minimum Gasteiger partial charge on any atom is -0.478 e. The van der Waals surface area contributed by atoms with E-state index in [0.717, 1.165) is 17.0 Å². The Hall–Kier alpha value is -2.96. The molecule has 0 saturated carbocycles. The van der Waals surface area contributed by atoms with Crippen molar-refractivity contribution in [2.45, 2.75) is 33.6 Å². The molecular formula is C20H24N4O3. The molecule has 1 fully saturated rings. The Morgan fingerprint density at radius 2 is 1.70 bits per heavy atom. The number of nitrogens with zero attached hydrogens (tertiary/aromatic N) is 3. The first-order valence-electron chi connectivity index (χ1n) is 9.05. The average Bonchev–Trinajstić information content (AvgIpc) is 2.62. The van der Waals surface area contributed by atoms with Crippen molar-refractivity contribution < 1.29 is 14.7 Å². The first-order chi connectivity index (χ1) is 12.8. The molecule has 3 rings (SSSR count). The Labute approximate surface area is 158 Å². The smallest absolute Gasteiger partial charge is 0.337 e. The summed E-state index contributed by atoms with van der Waals surface area (Å²) in [6, 6.07) is 6.94. The van der Waals surface area contributed by atoms with Gasteiger partial charge in [-0.1, -0.05) is 11.6 Å². The molecule has 0 radical (unpaired) electrons. The number of carboxylic acid groups (broad SMARTS) is 1. The molecule has 2 aromatic rings. The molecule has 2 N–H and O–H groups in total. The maximum atomic E-state index is 12.6. The summed E-state index contributed by atoms with van der Waals surface area (Å²) in [6.45, 7) is 7.10. The number of hydrogen-bond donors (Lipinski definition) is 2. The Morgan fingerprint density at radius 3 is 2.30 bits per heavy atom. The highest BCUT2D eigenvalue weighted by molar-refractivity contribution is 6.01. The molecule has 7 heteroatoms. The van der Waals surface area contributed by atoms with Gasteiger partial charge in [-0.05, 0) is 51.8 Å². The maximum absolute atomic E-state index is 12.6. The third-order valence-corrected chi connectivity index (χ3v) is 4.78. The van der Waals surface area contributed by atoms with Crippen LogP contribution in [0.15, 0.2) is 24.3 Å². The van der Waals surface area contributed by atoms with Crippen molar-refractivity contribution in [2.24, 2.45) is 5.92 Å². The number of amides is 1. The van der Waals surface area contributed by atoms with Crippen LogP contribution in [0.3, 0.4) is 0 Å². The lowest BCUT2D eigenvalue weighted by Gasteiger charge is -2.31. The van der Waals surface area contributed by atoms with E-state index < -0.39 is 5.97 Å². The summed E-state index contributed by atoms with van der Waals surface area (Å²) in [4.78, 5) is 35.1. The van der Waals surface area contributed by atoms with Crippen LogP contribution < -0.4 is 10.2 Å². The van der Waals surface area contributed by atoms with Crippen LogP contribution in [0.5, 0.6) is 0 Å². The number of aromatic nitrogens is 2. The van der Waals surface area contributed by atoms with E-state index in [1.165, 1.54) is 0 Å². The monoisotopic (exact) mass is 368 g/mol. The number of rotatable bonds is 4. The lowest BCUT2D eigenvalue weighted by Crippen LogP contribution is -2.39. The number of carbonyl (C=O) groups excluding carboxylic acids is 1. The fourth-order valence-electron chi connectivity index (χ4n) is 3.37. The zero-order valence-corrected chi connectivity index (χ0v) is 15.8. The number of nitrogens with one attached hydrogen (secondary N) is 1. The van der Waals surface area contributed by atoms with Crippen LogP contribution in [0.2, 0.25) is 0 Å². The molecule has 2 heterocycles. The molecule has 0 aliphatic carbocycles. The second kappa shape index (κ2) is 7.73. The molecule has 1 aliphatic heterocycles. The van der Waals surface area contributed by atoms with E-state index in [-0.39, 0.29) is 17.4 Å². The van der Waals surface area contributed by atoms with Gasteiger partial charge < -0.3 is 15.3 Å². The van der Waals surface area contributed by atoms with Gasteiger partial charge in [-0.25, -0.2) is 14.8 Å². The topological polar surface area (TPSA) is 95.4 Å². The summed E-state index contributed by atoms with van der Waals surface area (Å²) in [5, 5.41) is 12.1. The largest absolute Gasteiger partial charge is 0.478 e. The highest BCUT2D eigenvalue weighted by Gasteiger charge is 2.27. The SMILES string of the molecule is Cc1ccc(NC(=O)C2CCN(c3nc(C)cc(C)n3)CC2)c(C(=O)O)c1. The van der Waals surface area contributed by atoms with E-state index in [4.69, 9.17) is 0 Å². The highest BCUT2D eigenvalue weighted by atomic mass is 16.4. The molecule has 7 nitrogen and oxygen atoms in total. The van der Waals surface area contributed by atoms with Gasteiger partial charge in [0.1, 0.15) is 0 Å². The van der Waals surface area contributed by atoms with Crippen LogP contribution in [0.4, 0.5) is 11.6 Å². The molecule has 27 heavy (non-hydrogen) atoms. The highest BCUT2D eigenvalue weighted by Crippen LogP contribution is 2.24. The Balaban J connectivity index is 1.65. The Bertz CT molecular complexity index is 853. The number of carboxylic acids is 1. The van der Waals surface area contributed by atoms with Gasteiger partial charge in [0.2, 0.25) is 11.9 Å². The molecule has 0 unspecified atom stereocenters. The van der Waals surface area contributed by atoms with E-state index in [9.17, 15) is 14.7 Å². The molecular weight excluding hydrogens is 344 g/mol. The lowest BCUT2D eigenvalue weighted by atomic mass is 9.95. The van der Waals surface area contributed by atoms with Crippen molar-refractivity contribution in [2.75, 3.05) is 23.3 Å². The minimum absolute atomic E-state index is 0.115. The summed E-state index contributed by atoms with van der Waals surface area (Å²) >= 11 is 0. The van der Waals surface area contributed by atoms with Crippen molar-refractivity contribution in [1.29, 1.82) is 0 Å². The van der Waals surface area contributed by atoms with Crippen LogP contribution in [0, 0.1) is 26.7 Å². The first-order valence-corrected chi connectivity index (χ1v) is 9.05. The van der Waals surface area contributed by atoms with E-state index in [1.807, 2.05) is 26.8 Å². The molecule has 1 aromatic heterocycles. The van der Waals surface area contributed by atoms with Gasteiger partial charge in [-0.15, -0.1) is 0 Å². The molecule has 0 spiro atoms. The van der Waals surface area contributed by atoms with Crippen LogP contribution in [-0.2, 0) is 4.79 Å². The predicted molar refractivity (Wildman–Crippen MR) is 103 cm³/mol. The lowest BCUT2D eigenvalue weighted by molar-refractivity contribution is -0.120. The Morgan fingerprint density at radius 1 is 1.07 bits per heavy atom. The van der Waals surface area contributed by atoms with Gasteiger partial charge in [0.25, 0.3) is 0 Å². The van der Waals surface area contributed by atoms with Crippen LogP contribution in [-0.4, -0.2) is 40.0 Å². The zero-order valence-electron chi connectivity index (χ0n) is 15.8. The third-order valence-electron chi connectivity index (χ3n) is 4.78. The number of piperidine rings is 1. The fourth-order valence-corrected chi connectivity index (χ4v) is 3.37. The van der Waals surface area contributed by atoms with Gasteiger partial charge in [0, 0.05) is 30.4 Å². The summed E-state index contributed by atoms with van der Waals surface area (Å²) in [5.74, 6) is -0.633. The second-order valence-corrected chi connectivity index (χ2v) is 7.06. The van der Waals surface area contributed by atoms with Crippen LogP contribution in [0.25, 0.3) is 0 Å². The van der Waals surface area contributed by atoms with Crippen molar-refractivity contribution in [1.82, 2.24) is 9.97 Å². The number of aryl methyl sites for hydroxylation is 3. The molecule has 142 valence electrons. The first kappa shape index (κ1) is 18.8. The Kier molecular flexibility index (Phi) is 5.39. The van der Waals surface area contributed by atoms with Gasteiger partial charge in [-0.3, -0.25) is 4.79 Å². The van der Waals surface area contributed by atoms with Crippen molar-refractivity contribution in [3.05, 3.63) is 46.8 Å². The third kappa shape index (κ3) is 4.42. The van der Waals surface area contributed by atoms with Gasteiger partial charge in [0.15, 0.2) is 0 Å². The molecule has 1 saturated heterocycles. The minimum atomic E-state index is -1.05. The average molecular weight is 368 g/mol. The number of hydrogen-bond acceptors (Lipinski definition) is 5. The normalized spacial score (nSPS) is 14.9. The number of aromatic carboxylic acids is 1. The molecule has 0 atom stereocenters. The van der Waals surface area contributed by atoms with E-state index in [0.29, 0.717) is 37.6 Å². The van der Waals surface area contributed by atoms with Crippen LogP contribution >= 0.6 is 0 Å². The standard InChI is InChI=1S/C20H24N4O3/c1-12-4-5-17(16(10-12)19(26)27)23-18(25)15-6-8-24(9-7-15)20-21-13(2)11-14(3)22-20/h4-5,10-11,15H,6-9H2,1-3H3,(H,23,25)(H,26,27). The van der Waals surface area contributed by atoms with Crippen LogP contribution in [0.1, 0.15) is 40.2 Å². The summed E-state index contributed by atoms with van der Waals surface area (Å²) in [5.41, 5.74) is 3.16. The quantitative estimate of drug-likeness (QED) is 0.861. The van der Waals surface area contributed by atoms with Gasteiger partial charge >= 0.3 is 5.97 Å². The number of benzene rings is 1. The van der Waals surface area contributed by atoms with E-state index in [1.54, 1.807) is 18.2 Å². The molecule has 0 bridgehead atoms. The zero-order chi connectivity index (χ0) is 19.6. The predicted octanol–water partition coefficient (Wildman–Crippen LogP) is 2.96. The molecule has 1 aliphatic rings. The maximum Gasteiger partial charge on any atom is 0.337 e. The van der Waals surface area contributed by atoms with E-state index in [2.05, 4.69) is 20.2 Å². The number of anilines is 2. The fraction of sp³-hybridized carbons (Fsp3) is 0.400. The number of carbonyl (C=O) groups is 2. The van der Waals surface area contributed by atoms with Crippen molar-refractivity contribution in [3.63, 3.8) is 0 Å². The summed E-state index contributed by atoms with van der Waals surface area (Å²) in [7, 11) is 0. The van der Waals surface area contributed by atoms with Gasteiger partial charge in [-0.2, -0.15) is 0 Å². The summed E-state index contributed by atoms with van der Waals surface area (Å²) in [6.07, 6.45) is 1.35. The molecule has 1 aromatic carbocycles. The second-order valence-electron chi connectivity index (χ2n) is 7.06. The van der Waals surface area contributed by atoms with Crippen molar-refractivity contribution in [3.8, 4) is 0 Å². The van der Waals surface area contributed by atoms with Crippen molar-refractivity contribution >= 4 is 23.5 Å². The van der Waals surface area contributed by atoms with E-state index >= 15 is 0 Å². The van der Waals surface area contributed by atoms with Gasteiger partial charge in [0.05, 0.1) is 11.3 Å².